The summed E-state index contributed by atoms with van der Waals surface area (Å²) in [6, 6.07) is 27.8. The molecule has 1 saturated heterocycles. The van der Waals surface area contributed by atoms with E-state index in [1.165, 1.54) is 6.92 Å². The van der Waals surface area contributed by atoms with E-state index >= 15 is 4.79 Å². The molecule has 0 radical (unpaired) electrons. The third kappa shape index (κ3) is 5.73. The molecule has 9 nitrogen and oxygen atoms in total. The molecule has 1 heterocycles. The van der Waals surface area contributed by atoms with Gasteiger partial charge in [-0.05, 0) is 66.1 Å². The lowest BCUT2D eigenvalue weighted by atomic mass is 9.42. The number of carbonyl (C=O) groups is 3. The number of aliphatic hydroxyl groups excluding tert-OH is 1. The van der Waals surface area contributed by atoms with Gasteiger partial charge in [0.2, 0.25) is 0 Å². The van der Waals surface area contributed by atoms with Gasteiger partial charge < -0.3 is 29.2 Å². The number of ketones is 1. The van der Waals surface area contributed by atoms with E-state index in [0.29, 0.717) is 18.4 Å². The molecule has 3 aromatic carbocycles. The molecule has 0 amide bonds. The third-order valence-electron chi connectivity index (χ3n) is 14.2. The number of aliphatic hydroxyl groups is 2. The largest absolute Gasteiger partial charge is 0.455 e. The number of fused-ring (bicyclic) bond motifs is 5. The number of Topliss-reactive ketones (excluding diaryl/α,β-unsaturated/α-hetero) is 1. The minimum atomic E-state index is -3.63. The van der Waals surface area contributed by atoms with Gasteiger partial charge in [0.05, 0.1) is 18.1 Å². The molecule has 3 fully saturated rings. The number of rotatable bonds is 8. The van der Waals surface area contributed by atoms with Crippen LogP contribution in [0.3, 0.4) is 0 Å². The third-order valence-corrected chi connectivity index (χ3v) is 18.7. The Bertz CT molecular complexity index is 1960. The Labute approximate surface area is 324 Å². The number of ether oxygens (including phenoxy) is 3. The highest BCUT2D eigenvalue weighted by Gasteiger charge is 2.77. The van der Waals surface area contributed by atoms with Crippen molar-refractivity contribution in [1.82, 2.24) is 0 Å². The molecule has 1 aliphatic heterocycles. The number of benzene rings is 3. The van der Waals surface area contributed by atoms with E-state index in [1.54, 1.807) is 44.2 Å². The molecule has 10 heteroatoms. The lowest BCUT2D eigenvalue weighted by molar-refractivity contribution is -0.352. The van der Waals surface area contributed by atoms with Crippen LogP contribution in [0.5, 0.6) is 0 Å². The minimum absolute atomic E-state index is 0.0706. The van der Waals surface area contributed by atoms with Crippen molar-refractivity contribution in [2.24, 2.45) is 22.7 Å². The summed E-state index contributed by atoms with van der Waals surface area (Å²) in [7, 11) is -3.63. The zero-order valence-corrected chi connectivity index (χ0v) is 33.9. The summed E-state index contributed by atoms with van der Waals surface area (Å²) in [5.41, 5.74) is -4.68. The maximum atomic E-state index is 15.1. The highest BCUT2D eigenvalue weighted by atomic mass is 28.4. The Kier molecular flexibility index (Phi) is 9.74. The van der Waals surface area contributed by atoms with Crippen molar-refractivity contribution in [3.05, 3.63) is 108 Å². The molecule has 0 spiro atoms. The average Bonchev–Trinajstić information content (AvgIpc) is 3.15. The Morgan fingerprint density at radius 1 is 0.927 bits per heavy atom. The zero-order valence-electron chi connectivity index (χ0n) is 32.9. The standard InChI is InChI=1S/C45H54O9Si/c1-28-23-24-45(50)39(53-40(49)30-17-11-8-12-18-30)37-43(7,38(48)36(47)35(28)42(45,5)6)31(25-34-44(37,27-52-34)54-29(2)46)26-41(3,4)55(51,32-19-13-9-14-20-32)33-21-15-10-16-22-33/h8-22,31,34,37-39,48,50-51H,23-27H2,1-7H3/t31-,34-,37+,38+,39+,43-,44+,45-/m1/s1. The van der Waals surface area contributed by atoms with Crippen LogP contribution in [0.15, 0.2) is 102 Å². The molecular formula is C45H54O9Si. The van der Waals surface area contributed by atoms with Crippen molar-refractivity contribution in [1.29, 1.82) is 0 Å². The fraction of sp³-hybridized carbons (Fsp3) is 0.489. The zero-order chi connectivity index (χ0) is 39.8. The van der Waals surface area contributed by atoms with Crippen LogP contribution in [0.2, 0.25) is 5.04 Å². The first kappa shape index (κ1) is 39.3. The van der Waals surface area contributed by atoms with Gasteiger partial charge in [-0.1, -0.05) is 119 Å². The predicted octanol–water partition coefficient (Wildman–Crippen LogP) is 5.29. The van der Waals surface area contributed by atoms with Crippen molar-refractivity contribution >= 4 is 36.4 Å². The van der Waals surface area contributed by atoms with E-state index in [1.807, 2.05) is 88.4 Å². The fourth-order valence-corrected chi connectivity index (χ4v) is 15.0. The normalized spacial score (nSPS) is 32.9. The molecule has 4 aliphatic rings. The van der Waals surface area contributed by atoms with Crippen molar-refractivity contribution in [2.45, 2.75) is 109 Å². The minimum Gasteiger partial charge on any atom is -0.455 e. The quantitative estimate of drug-likeness (QED) is 0.206. The van der Waals surface area contributed by atoms with Crippen LogP contribution in [0.1, 0.15) is 84.5 Å². The topological polar surface area (TPSA) is 140 Å². The lowest BCUT2D eigenvalue weighted by Gasteiger charge is -2.69. The first-order valence-corrected chi connectivity index (χ1v) is 21.4. The summed E-state index contributed by atoms with van der Waals surface area (Å²) in [5.74, 6) is -3.43. The van der Waals surface area contributed by atoms with E-state index in [2.05, 4.69) is 0 Å². The lowest BCUT2D eigenvalue weighted by Crippen LogP contribution is -2.81. The van der Waals surface area contributed by atoms with E-state index < -0.39 is 83.3 Å². The van der Waals surface area contributed by atoms with E-state index in [9.17, 15) is 24.6 Å². The van der Waals surface area contributed by atoms with E-state index in [-0.39, 0.29) is 25.0 Å². The Morgan fingerprint density at radius 3 is 1.98 bits per heavy atom. The molecule has 3 aliphatic carbocycles. The van der Waals surface area contributed by atoms with Crippen LogP contribution in [0.4, 0.5) is 0 Å². The highest BCUT2D eigenvalue weighted by molar-refractivity contribution is 6.98. The summed E-state index contributed by atoms with van der Waals surface area (Å²) in [5, 5.41) is 27.0. The summed E-state index contributed by atoms with van der Waals surface area (Å²) in [6.07, 6.45) is -2.63. The van der Waals surface area contributed by atoms with Gasteiger partial charge in [-0.15, -0.1) is 0 Å². The summed E-state index contributed by atoms with van der Waals surface area (Å²) in [4.78, 5) is 55.7. The van der Waals surface area contributed by atoms with Gasteiger partial charge in [-0.25, -0.2) is 4.79 Å². The molecule has 2 saturated carbocycles. The van der Waals surface area contributed by atoms with Crippen molar-refractivity contribution in [3.8, 4) is 0 Å². The Hall–Kier alpha value is -3.93. The van der Waals surface area contributed by atoms with Crippen LogP contribution in [-0.4, -0.2) is 77.2 Å². The molecule has 2 bridgehead atoms. The second kappa shape index (κ2) is 13.6. The van der Waals surface area contributed by atoms with Crippen LogP contribution >= 0.6 is 0 Å². The van der Waals surface area contributed by atoms with Gasteiger partial charge in [0, 0.05) is 23.3 Å². The van der Waals surface area contributed by atoms with Crippen molar-refractivity contribution in [2.75, 3.05) is 6.61 Å². The molecule has 3 N–H and O–H groups in total. The number of hydrogen-bond donors (Lipinski definition) is 3. The molecule has 55 heavy (non-hydrogen) atoms. The fourth-order valence-electron chi connectivity index (χ4n) is 11.2. The highest BCUT2D eigenvalue weighted by Crippen LogP contribution is 2.67. The van der Waals surface area contributed by atoms with E-state index in [4.69, 9.17) is 14.2 Å². The van der Waals surface area contributed by atoms with Crippen LogP contribution in [-0.2, 0) is 23.8 Å². The Morgan fingerprint density at radius 2 is 1.47 bits per heavy atom. The van der Waals surface area contributed by atoms with Crippen molar-refractivity contribution in [3.63, 3.8) is 0 Å². The Balaban J connectivity index is 1.47. The molecule has 8 atom stereocenters. The molecule has 292 valence electrons. The molecule has 3 aromatic rings. The predicted molar refractivity (Wildman–Crippen MR) is 210 cm³/mol. The first-order chi connectivity index (χ1) is 25.9. The number of allylic oxidation sites excluding steroid dienone is 1. The number of hydrogen-bond acceptors (Lipinski definition) is 9. The van der Waals surface area contributed by atoms with Crippen LogP contribution < -0.4 is 10.4 Å². The monoisotopic (exact) mass is 766 g/mol. The second-order valence-electron chi connectivity index (χ2n) is 17.8. The number of esters is 2. The van der Waals surface area contributed by atoms with Crippen LogP contribution in [0, 0.1) is 22.7 Å². The van der Waals surface area contributed by atoms with Gasteiger partial charge in [0.15, 0.2) is 11.4 Å². The van der Waals surface area contributed by atoms with Gasteiger partial charge in [-0.2, -0.15) is 0 Å². The van der Waals surface area contributed by atoms with E-state index in [0.717, 1.165) is 15.9 Å². The van der Waals surface area contributed by atoms with Gasteiger partial charge >= 0.3 is 11.9 Å². The molecule has 0 unspecified atom stereocenters. The molecule has 7 rings (SSSR count). The first-order valence-electron chi connectivity index (χ1n) is 19.4. The van der Waals surface area contributed by atoms with Gasteiger partial charge in [-0.3, -0.25) is 9.59 Å². The van der Waals surface area contributed by atoms with Gasteiger partial charge in [0.1, 0.15) is 23.9 Å². The van der Waals surface area contributed by atoms with Crippen molar-refractivity contribution < 1.29 is 43.6 Å². The smallest absolute Gasteiger partial charge is 0.338 e. The molecule has 0 aromatic heterocycles. The number of carbonyl (C=O) groups excluding carboxylic acids is 3. The maximum Gasteiger partial charge on any atom is 0.338 e. The SMILES string of the molecule is CC(=O)O[C@@]12CO[C@@H]1C[C@H](CC(C)(C)[Si](O)(c1ccccc1)c1ccccc1)[C@]1(C)[C@@H]2[C@H](OC(=O)c2ccccc2)[C@]2(O)CCC(C)=C(C(=O)[C@@H]1O)C2(C)C. The maximum absolute atomic E-state index is 15.1. The average molecular weight is 767 g/mol. The van der Waals surface area contributed by atoms with Crippen LogP contribution in [0.25, 0.3) is 0 Å². The summed E-state index contributed by atoms with van der Waals surface area (Å²) in [6.45, 7) is 12.5. The second-order valence-corrected chi connectivity index (χ2v) is 21.7. The molecular weight excluding hydrogens is 713 g/mol. The summed E-state index contributed by atoms with van der Waals surface area (Å²) >= 11 is 0. The summed E-state index contributed by atoms with van der Waals surface area (Å²) < 4.78 is 19.2. The van der Waals surface area contributed by atoms with Gasteiger partial charge in [0.25, 0.3) is 8.32 Å².